The first-order chi connectivity index (χ1) is 8.02. The van der Waals surface area contributed by atoms with Gasteiger partial charge in [-0.2, -0.15) is 11.8 Å². The molecule has 0 amide bonds. The van der Waals surface area contributed by atoms with E-state index in [4.69, 9.17) is 15.6 Å². The zero-order valence-electron chi connectivity index (χ0n) is 9.49. The summed E-state index contributed by atoms with van der Waals surface area (Å²) in [5.74, 6) is 0.433. The average Bonchev–Trinajstić information content (AvgIpc) is 2.59. The van der Waals surface area contributed by atoms with Crippen LogP contribution in [0.2, 0.25) is 0 Å². The first-order valence-corrected chi connectivity index (χ1v) is 6.71. The van der Waals surface area contributed by atoms with Crippen molar-refractivity contribution < 1.29 is 24.9 Å². The Balaban J connectivity index is 2.03. The molecule has 7 heteroatoms. The third kappa shape index (κ3) is 4.81. The van der Waals surface area contributed by atoms with Crippen LogP contribution in [-0.4, -0.2) is 63.8 Å². The maximum Gasteiger partial charge on any atom is 0.320 e. The average molecular weight is 265 g/mol. The van der Waals surface area contributed by atoms with Gasteiger partial charge in [-0.25, -0.2) is 0 Å². The molecule has 1 saturated heterocycles. The maximum atomic E-state index is 10.4. The molecule has 0 aromatic heterocycles. The molecule has 5 N–H and O–H groups in total. The van der Waals surface area contributed by atoms with E-state index >= 15 is 0 Å². The highest BCUT2D eigenvalue weighted by atomic mass is 32.2. The third-order valence-corrected chi connectivity index (χ3v) is 3.74. The van der Waals surface area contributed by atoms with Gasteiger partial charge in [0.2, 0.25) is 0 Å². The van der Waals surface area contributed by atoms with Gasteiger partial charge in [-0.3, -0.25) is 4.79 Å². The standard InChI is InChI=1S/C10H19NO5S/c11-6(10(14)15)1-3-17-4-2-8-9(13)7(12)5-16-8/h6-9,12-13H,1-5,11H2,(H,14,15)/t6-,7+,8-,9+/m0/s1. The van der Waals surface area contributed by atoms with E-state index in [-0.39, 0.29) is 12.7 Å². The monoisotopic (exact) mass is 265 g/mol. The largest absolute Gasteiger partial charge is 0.480 e. The normalized spacial score (nSPS) is 30.4. The van der Waals surface area contributed by atoms with E-state index in [1.54, 1.807) is 11.8 Å². The number of hydrogen-bond donors (Lipinski definition) is 4. The van der Waals surface area contributed by atoms with Crippen LogP contribution < -0.4 is 5.73 Å². The van der Waals surface area contributed by atoms with Crippen LogP contribution >= 0.6 is 11.8 Å². The van der Waals surface area contributed by atoms with Crippen LogP contribution in [0.3, 0.4) is 0 Å². The molecule has 1 fully saturated rings. The predicted molar refractivity (Wildman–Crippen MR) is 63.9 cm³/mol. The minimum atomic E-state index is -0.983. The highest BCUT2D eigenvalue weighted by molar-refractivity contribution is 7.99. The number of ether oxygens (including phenoxy) is 1. The SMILES string of the molecule is N[C@@H](CCSCC[C@@H]1OC[C@@H](O)[C@H]1O)C(=O)O. The highest BCUT2D eigenvalue weighted by Crippen LogP contribution is 2.19. The molecule has 0 aromatic carbocycles. The van der Waals surface area contributed by atoms with Gasteiger partial charge in [-0.05, 0) is 24.3 Å². The Labute approximate surface area is 104 Å². The summed E-state index contributed by atoms with van der Waals surface area (Å²) in [4.78, 5) is 10.4. The molecule has 6 nitrogen and oxygen atoms in total. The van der Waals surface area contributed by atoms with Crippen LogP contribution in [0.4, 0.5) is 0 Å². The quantitative estimate of drug-likeness (QED) is 0.438. The lowest BCUT2D eigenvalue weighted by molar-refractivity contribution is -0.138. The van der Waals surface area contributed by atoms with Crippen LogP contribution in [-0.2, 0) is 9.53 Å². The summed E-state index contributed by atoms with van der Waals surface area (Å²) >= 11 is 1.57. The zero-order valence-corrected chi connectivity index (χ0v) is 10.3. The molecule has 0 radical (unpaired) electrons. The van der Waals surface area contributed by atoms with E-state index in [0.717, 1.165) is 5.75 Å². The number of aliphatic hydroxyl groups excluding tert-OH is 2. The molecular weight excluding hydrogens is 246 g/mol. The molecule has 0 aliphatic carbocycles. The zero-order chi connectivity index (χ0) is 12.8. The van der Waals surface area contributed by atoms with E-state index in [0.29, 0.717) is 18.6 Å². The van der Waals surface area contributed by atoms with Gasteiger partial charge in [0.05, 0.1) is 12.7 Å². The molecular formula is C10H19NO5S. The Morgan fingerprint density at radius 3 is 2.71 bits per heavy atom. The molecule has 0 aromatic rings. The van der Waals surface area contributed by atoms with Crippen molar-refractivity contribution in [2.75, 3.05) is 18.1 Å². The van der Waals surface area contributed by atoms with Crippen molar-refractivity contribution in [2.45, 2.75) is 37.2 Å². The second-order valence-corrected chi connectivity index (χ2v) is 5.29. The Morgan fingerprint density at radius 1 is 1.47 bits per heavy atom. The number of carboxylic acid groups (broad SMARTS) is 1. The van der Waals surface area contributed by atoms with Crippen LogP contribution in [0.1, 0.15) is 12.8 Å². The molecule has 1 aliphatic heterocycles. The number of aliphatic hydroxyl groups is 2. The van der Waals surface area contributed by atoms with Crippen molar-refractivity contribution in [3.63, 3.8) is 0 Å². The highest BCUT2D eigenvalue weighted by Gasteiger charge is 2.33. The Morgan fingerprint density at radius 2 is 2.18 bits per heavy atom. The third-order valence-electron chi connectivity index (χ3n) is 2.69. The minimum absolute atomic E-state index is 0.181. The maximum absolute atomic E-state index is 10.4. The number of rotatable bonds is 7. The number of thioether (sulfide) groups is 1. The summed E-state index contributed by atoms with van der Waals surface area (Å²) in [6, 6.07) is -0.808. The molecule has 1 rings (SSSR count). The molecule has 0 saturated carbocycles. The van der Waals surface area contributed by atoms with Gasteiger partial charge in [-0.1, -0.05) is 0 Å². The Kier molecular flexibility index (Phi) is 6.21. The second kappa shape index (κ2) is 7.17. The lowest BCUT2D eigenvalue weighted by Crippen LogP contribution is -2.31. The van der Waals surface area contributed by atoms with Crippen LogP contribution in [0, 0.1) is 0 Å². The van der Waals surface area contributed by atoms with Crippen molar-refractivity contribution in [3.05, 3.63) is 0 Å². The second-order valence-electron chi connectivity index (χ2n) is 4.06. The first-order valence-electron chi connectivity index (χ1n) is 5.56. The van der Waals surface area contributed by atoms with E-state index in [9.17, 15) is 15.0 Å². The van der Waals surface area contributed by atoms with Crippen LogP contribution in [0.5, 0.6) is 0 Å². The van der Waals surface area contributed by atoms with Gasteiger partial charge in [0.1, 0.15) is 18.2 Å². The van der Waals surface area contributed by atoms with Crippen molar-refractivity contribution in [1.82, 2.24) is 0 Å². The van der Waals surface area contributed by atoms with Gasteiger partial charge in [-0.15, -0.1) is 0 Å². The lowest BCUT2D eigenvalue weighted by atomic mass is 10.1. The summed E-state index contributed by atoms with van der Waals surface area (Å²) in [5, 5.41) is 27.3. The van der Waals surface area contributed by atoms with Gasteiger partial charge < -0.3 is 25.8 Å². The number of nitrogens with two attached hydrogens (primary N) is 1. The summed E-state index contributed by atoms with van der Waals surface area (Å²) < 4.78 is 5.21. The number of hydrogen-bond acceptors (Lipinski definition) is 6. The van der Waals surface area contributed by atoms with E-state index in [1.807, 2.05) is 0 Å². The van der Waals surface area contributed by atoms with E-state index in [2.05, 4.69) is 0 Å². The van der Waals surface area contributed by atoms with Crippen LogP contribution in [0.25, 0.3) is 0 Å². The van der Waals surface area contributed by atoms with Crippen molar-refractivity contribution in [2.24, 2.45) is 5.73 Å². The van der Waals surface area contributed by atoms with Gasteiger partial charge in [0, 0.05) is 0 Å². The summed E-state index contributed by atoms with van der Waals surface area (Å²) in [6.07, 6.45) is -0.838. The van der Waals surface area contributed by atoms with E-state index in [1.165, 1.54) is 0 Å². The fraction of sp³-hybridized carbons (Fsp3) is 0.900. The van der Waals surface area contributed by atoms with Gasteiger partial charge >= 0.3 is 5.97 Å². The van der Waals surface area contributed by atoms with Crippen molar-refractivity contribution in [3.8, 4) is 0 Å². The van der Waals surface area contributed by atoms with Gasteiger partial charge in [0.25, 0.3) is 0 Å². The Bertz CT molecular complexity index is 253. The van der Waals surface area contributed by atoms with Crippen molar-refractivity contribution in [1.29, 1.82) is 0 Å². The molecule has 4 atom stereocenters. The summed E-state index contributed by atoms with van der Waals surface area (Å²) in [5.41, 5.74) is 5.35. The van der Waals surface area contributed by atoms with Crippen LogP contribution in [0.15, 0.2) is 0 Å². The lowest BCUT2D eigenvalue weighted by Gasteiger charge is -2.14. The smallest absolute Gasteiger partial charge is 0.320 e. The van der Waals surface area contributed by atoms with Gasteiger partial charge in [0.15, 0.2) is 0 Å². The van der Waals surface area contributed by atoms with Crippen molar-refractivity contribution >= 4 is 17.7 Å². The molecule has 1 aliphatic rings. The molecule has 0 unspecified atom stereocenters. The van der Waals surface area contributed by atoms with E-state index < -0.39 is 24.2 Å². The molecule has 0 spiro atoms. The fourth-order valence-electron chi connectivity index (χ4n) is 1.56. The number of aliphatic carboxylic acids is 1. The molecule has 1 heterocycles. The Hall–Kier alpha value is -0.340. The molecule has 100 valence electrons. The minimum Gasteiger partial charge on any atom is -0.480 e. The first kappa shape index (κ1) is 14.7. The summed E-state index contributed by atoms with van der Waals surface area (Å²) in [7, 11) is 0. The number of carboxylic acids is 1. The molecule has 17 heavy (non-hydrogen) atoms. The molecule has 0 bridgehead atoms. The fourth-order valence-corrected chi connectivity index (χ4v) is 2.58. The topological polar surface area (TPSA) is 113 Å². The predicted octanol–water partition coefficient (Wildman–Crippen LogP) is -0.968. The summed E-state index contributed by atoms with van der Waals surface area (Å²) in [6.45, 7) is 0.181. The number of carbonyl (C=O) groups is 1.